The summed E-state index contributed by atoms with van der Waals surface area (Å²) in [6.07, 6.45) is 1.85. The number of ether oxygens (including phenoxy) is 1. The number of ketones is 1. The molecule has 0 aromatic carbocycles. The first-order chi connectivity index (χ1) is 6.62. The minimum atomic E-state index is -0.475. The van der Waals surface area contributed by atoms with Crippen LogP contribution in [0.2, 0.25) is 0 Å². The highest BCUT2D eigenvalue weighted by Crippen LogP contribution is 2.33. The largest absolute Gasteiger partial charge is 0.367 e. The Morgan fingerprint density at radius 2 is 2.36 bits per heavy atom. The smallest absolute Gasteiger partial charge is 0.293 e. The highest BCUT2D eigenvalue weighted by molar-refractivity contribution is 5.89. The highest BCUT2D eigenvalue weighted by Gasteiger charge is 2.36. The molecule has 0 saturated carbocycles. The molecule has 5 heteroatoms. The molecule has 0 spiro atoms. The van der Waals surface area contributed by atoms with E-state index in [4.69, 9.17) is 9.26 Å². The van der Waals surface area contributed by atoms with Crippen molar-refractivity contribution >= 4 is 5.78 Å². The predicted molar refractivity (Wildman–Crippen MR) is 46.8 cm³/mol. The fourth-order valence-corrected chi connectivity index (χ4v) is 1.54. The van der Waals surface area contributed by atoms with E-state index in [0.29, 0.717) is 12.4 Å². The summed E-state index contributed by atoms with van der Waals surface area (Å²) in [7, 11) is 0. The van der Waals surface area contributed by atoms with Crippen LogP contribution in [0.5, 0.6) is 0 Å². The van der Waals surface area contributed by atoms with Crippen molar-refractivity contribution in [3.8, 4) is 0 Å². The average Bonchev–Trinajstić information content (AvgIpc) is 2.71. The Labute approximate surface area is 81.4 Å². The lowest BCUT2D eigenvalue weighted by Gasteiger charge is -2.17. The van der Waals surface area contributed by atoms with Crippen LogP contribution in [0.4, 0.5) is 0 Å². The van der Waals surface area contributed by atoms with E-state index in [2.05, 4.69) is 10.1 Å². The van der Waals surface area contributed by atoms with Crippen molar-refractivity contribution in [2.45, 2.75) is 32.3 Å². The quantitative estimate of drug-likeness (QED) is 0.667. The van der Waals surface area contributed by atoms with E-state index in [-0.39, 0.29) is 11.7 Å². The molecular formula is C9H12N2O3. The average molecular weight is 196 g/mol. The Kier molecular flexibility index (Phi) is 2.11. The molecule has 1 atom stereocenters. The minimum Gasteiger partial charge on any atom is -0.367 e. The Hall–Kier alpha value is -1.23. The molecule has 0 aliphatic carbocycles. The molecule has 0 amide bonds. The van der Waals surface area contributed by atoms with E-state index in [1.54, 1.807) is 0 Å². The van der Waals surface area contributed by atoms with Gasteiger partial charge < -0.3 is 9.26 Å². The Morgan fingerprint density at radius 3 is 2.86 bits per heavy atom. The molecule has 1 unspecified atom stereocenters. The van der Waals surface area contributed by atoms with Gasteiger partial charge in [0.25, 0.3) is 5.89 Å². The van der Waals surface area contributed by atoms with Crippen LogP contribution in [0.25, 0.3) is 0 Å². The highest BCUT2D eigenvalue weighted by atomic mass is 16.5. The van der Waals surface area contributed by atoms with Crippen molar-refractivity contribution in [3.63, 3.8) is 0 Å². The molecule has 2 heterocycles. The number of hydrogen-bond acceptors (Lipinski definition) is 5. The monoisotopic (exact) mass is 196 g/mol. The molecule has 1 aliphatic heterocycles. The molecule has 0 bridgehead atoms. The molecule has 1 aliphatic rings. The van der Waals surface area contributed by atoms with Crippen LogP contribution in [0, 0.1) is 0 Å². The van der Waals surface area contributed by atoms with E-state index < -0.39 is 5.60 Å². The molecule has 76 valence electrons. The second-order valence-electron chi connectivity index (χ2n) is 3.66. The van der Waals surface area contributed by atoms with Crippen molar-refractivity contribution < 1.29 is 14.1 Å². The molecule has 1 aromatic heterocycles. The summed E-state index contributed by atoms with van der Waals surface area (Å²) in [4.78, 5) is 15.0. The van der Waals surface area contributed by atoms with Gasteiger partial charge >= 0.3 is 0 Å². The van der Waals surface area contributed by atoms with Crippen molar-refractivity contribution in [2.24, 2.45) is 0 Å². The van der Waals surface area contributed by atoms with Crippen LogP contribution < -0.4 is 0 Å². The van der Waals surface area contributed by atoms with Gasteiger partial charge in [0.05, 0.1) is 0 Å². The molecule has 5 nitrogen and oxygen atoms in total. The Bertz CT molecular complexity index is 353. The van der Waals surface area contributed by atoms with Gasteiger partial charge in [-0.05, 0) is 19.8 Å². The Morgan fingerprint density at radius 1 is 1.57 bits per heavy atom. The molecule has 2 rings (SSSR count). The summed E-state index contributed by atoms with van der Waals surface area (Å²) < 4.78 is 10.3. The maximum atomic E-state index is 10.9. The van der Waals surface area contributed by atoms with Gasteiger partial charge in [0, 0.05) is 13.5 Å². The number of aromatic nitrogens is 2. The predicted octanol–water partition coefficient (Wildman–Crippen LogP) is 1.30. The SMILES string of the molecule is CC(=O)c1nc(C2(C)CCCO2)no1. The van der Waals surface area contributed by atoms with Crippen molar-refractivity contribution in [3.05, 3.63) is 11.7 Å². The maximum absolute atomic E-state index is 10.9. The molecule has 0 radical (unpaired) electrons. The zero-order chi connectivity index (χ0) is 10.2. The van der Waals surface area contributed by atoms with Gasteiger partial charge in [0.15, 0.2) is 0 Å². The maximum Gasteiger partial charge on any atom is 0.293 e. The van der Waals surface area contributed by atoms with Crippen molar-refractivity contribution in [1.82, 2.24) is 10.1 Å². The fraction of sp³-hybridized carbons (Fsp3) is 0.667. The summed E-state index contributed by atoms with van der Waals surface area (Å²) in [6.45, 7) is 4.02. The van der Waals surface area contributed by atoms with E-state index >= 15 is 0 Å². The molecule has 0 N–H and O–H groups in total. The van der Waals surface area contributed by atoms with E-state index in [0.717, 1.165) is 12.8 Å². The number of nitrogens with zero attached hydrogens (tertiary/aromatic N) is 2. The fourth-order valence-electron chi connectivity index (χ4n) is 1.54. The van der Waals surface area contributed by atoms with Crippen LogP contribution in [-0.4, -0.2) is 22.5 Å². The van der Waals surface area contributed by atoms with Gasteiger partial charge in [0.2, 0.25) is 11.6 Å². The molecule has 1 aromatic rings. The summed E-state index contributed by atoms with van der Waals surface area (Å²) in [6, 6.07) is 0. The van der Waals surface area contributed by atoms with E-state index in [1.807, 2.05) is 6.92 Å². The van der Waals surface area contributed by atoms with Crippen molar-refractivity contribution in [2.75, 3.05) is 6.61 Å². The third-order valence-corrected chi connectivity index (χ3v) is 2.42. The van der Waals surface area contributed by atoms with Crippen molar-refractivity contribution in [1.29, 1.82) is 0 Å². The number of carbonyl (C=O) groups excluding carboxylic acids is 1. The zero-order valence-corrected chi connectivity index (χ0v) is 8.24. The van der Waals surface area contributed by atoms with Gasteiger partial charge in [-0.3, -0.25) is 4.79 Å². The van der Waals surface area contributed by atoms with Gasteiger partial charge in [-0.1, -0.05) is 5.16 Å². The van der Waals surface area contributed by atoms with Crippen LogP contribution in [0.1, 0.15) is 43.2 Å². The van der Waals surface area contributed by atoms with Crippen LogP contribution in [-0.2, 0) is 10.3 Å². The molecule has 14 heavy (non-hydrogen) atoms. The topological polar surface area (TPSA) is 65.2 Å². The first-order valence-corrected chi connectivity index (χ1v) is 4.61. The number of rotatable bonds is 2. The van der Waals surface area contributed by atoms with Gasteiger partial charge in [-0.2, -0.15) is 4.98 Å². The molecular weight excluding hydrogens is 184 g/mol. The lowest BCUT2D eigenvalue weighted by molar-refractivity contribution is 0.00767. The number of Topliss-reactive ketones (excluding diaryl/α,β-unsaturated/α-hetero) is 1. The third-order valence-electron chi connectivity index (χ3n) is 2.42. The molecule has 1 saturated heterocycles. The van der Waals surface area contributed by atoms with E-state index in [9.17, 15) is 4.79 Å². The first kappa shape index (κ1) is 9.33. The standard InChI is InChI=1S/C9H12N2O3/c1-6(12)7-10-8(11-14-7)9(2)4-3-5-13-9/h3-5H2,1-2H3. The lowest BCUT2D eigenvalue weighted by atomic mass is 10.0. The first-order valence-electron chi connectivity index (χ1n) is 4.61. The number of hydrogen-bond donors (Lipinski definition) is 0. The van der Waals surface area contributed by atoms with E-state index in [1.165, 1.54) is 6.92 Å². The second kappa shape index (κ2) is 3.16. The molecule has 1 fully saturated rings. The van der Waals surface area contributed by atoms with Crippen LogP contribution in [0.15, 0.2) is 4.52 Å². The minimum absolute atomic E-state index is 0.0525. The second-order valence-corrected chi connectivity index (χ2v) is 3.66. The van der Waals surface area contributed by atoms with Gasteiger partial charge in [0.1, 0.15) is 5.60 Å². The Balaban J connectivity index is 2.28. The van der Waals surface area contributed by atoms with Crippen LogP contribution in [0.3, 0.4) is 0 Å². The lowest BCUT2D eigenvalue weighted by Crippen LogP contribution is -2.21. The third kappa shape index (κ3) is 1.43. The van der Waals surface area contributed by atoms with Gasteiger partial charge in [-0.25, -0.2) is 0 Å². The normalized spacial score (nSPS) is 26.7. The zero-order valence-electron chi connectivity index (χ0n) is 8.24. The van der Waals surface area contributed by atoms with Gasteiger partial charge in [-0.15, -0.1) is 0 Å². The van der Waals surface area contributed by atoms with Crippen LogP contribution >= 0.6 is 0 Å². The summed E-state index contributed by atoms with van der Waals surface area (Å²) in [5.74, 6) is 0.308. The summed E-state index contributed by atoms with van der Waals surface area (Å²) in [5, 5.41) is 3.76. The number of carbonyl (C=O) groups is 1. The summed E-state index contributed by atoms with van der Waals surface area (Å²) in [5.41, 5.74) is -0.475. The summed E-state index contributed by atoms with van der Waals surface area (Å²) >= 11 is 0.